The highest BCUT2D eigenvalue weighted by atomic mass is 16.6. The van der Waals surface area contributed by atoms with E-state index < -0.39 is 48.2 Å². The number of nitrogens with zero attached hydrogens (tertiary/aromatic N) is 4. The fourth-order valence-electron chi connectivity index (χ4n) is 14.1. The van der Waals surface area contributed by atoms with Gasteiger partial charge in [-0.15, -0.1) is 0 Å². The second kappa shape index (κ2) is 37.7. The topological polar surface area (TPSA) is 322 Å². The van der Waals surface area contributed by atoms with Crippen LogP contribution >= 0.6 is 0 Å². The minimum atomic E-state index is -1.49. The van der Waals surface area contributed by atoms with Crippen molar-refractivity contribution in [3.8, 4) is 40.6 Å². The van der Waals surface area contributed by atoms with Crippen LogP contribution in [0.25, 0.3) is 5.57 Å². The molecule has 1 saturated carbocycles. The Labute approximate surface area is 651 Å². The molecule has 5 heterocycles. The number of methoxy groups -OCH3 is 3. The molecule has 5 atom stereocenters. The molecule has 0 radical (unpaired) electrons. The van der Waals surface area contributed by atoms with Gasteiger partial charge in [0.2, 0.25) is 29.5 Å². The minimum absolute atomic E-state index is 0.0268. The second-order valence-electron chi connectivity index (χ2n) is 28.7. The third-order valence-corrected chi connectivity index (χ3v) is 20.5. The molecule has 0 bridgehead atoms. The number of nitrogens with one attached hydrogen (secondary N) is 5. The van der Waals surface area contributed by atoms with Crippen LogP contribution in [0.2, 0.25) is 0 Å². The van der Waals surface area contributed by atoms with Crippen LogP contribution in [0.1, 0.15) is 121 Å². The van der Waals surface area contributed by atoms with Gasteiger partial charge < -0.3 is 93.8 Å². The molecule has 1 aliphatic carbocycles. The highest BCUT2D eigenvalue weighted by Crippen LogP contribution is 2.57. The van der Waals surface area contributed by atoms with Gasteiger partial charge in [0.1, 0.15) is 24.4 Å². The molecule has 8 amide bonds. The van der Waals surface area contributed by atoms with Crippen LogP contribution in [0, 0.1) is 23.2 Å². The number of rotatable bonds is 36. The fourth-order valence-corrected chi connectivity index (χ4v) is 14.1. The van der Waals surface area contributed by atoms with Crippen LogP contribution in [0.3, 0.4) is 0 Å². The Morgan fingerprint density at radius 3 is 1.95 bits per heavy atom. The van der Waals surface area contributed by atoms with Gasteiger partial charge in [-0.25, -0.2) is 9.69 Å². The van der Waals surface area contributed by atoms with Crippen molar-refractivity contribution in [1.29, 1.82) is 0 Å². The predicted molar refractivity (Wildman–Crippen MR) is 415 cm³/mol. The minimum Gasteiger partial charge on any atom is -0.497 e. The van der Waals surface area contributed by atoms with E-state index in [2.05, 4.69) is 38.4 Å². The van der Waals surface area contributed by atoms with Crippen molar-refractivity contribution in [2.45, 2.75) is 116 Å². The summed E-state index contributed by atoms with van der Waals surface area (Å²) in [4.78, 5) is 115. The number of anilines is 4. The smallest absolute Gasteiger partial charge is 0.416 e. The fraction of sp³-hybridized carbons (Fsp3) is 0.429. The molecule has 1 unspecified atom stereocenters. The summed E-state index contributed by atoms with van der Waals surface area (Å²) in [5.74, 6) is 5.68. The molecule has 6 aliphatic rings. The number of carbonyl (C=O) groups excluding carboxylic acids is 8. The Morgan fingerprint density at radius 1 is 0.643 bits per heavy atom. The van der Waals surface area contributed by atoms with Crippen molar-refractivity contribution in [3.05, 3.63) is 166 Å². The first-order chi connectivity index (χ1) is 54.3. The summed E-state index contributed by atoms with van der Waals surface area (Å²) in [7, 11) is 4.58. The summed E-state index contributed by atoms with van der Waals surface area (Å²) in [6, 6.07) is 33.3. The van der Waals surface area contributed by atoms with E-state index in [0.717, 1.165) is 57.0 Å². The van der Waals surface area contributed by atoms with Gasteiger partial charge in [-0.2, -0.15) is 0 Å². The van der Waals surface area contributed by atoms with Crippen molar-refractivity contribution in [1.82, 2.24) is 25.8 Å². The van der Waals surface area contributed by atoms with E-state index in [0.29, 0.717) is 92.7 Å². The van der Waals surface area contributed by atoms with E-state index in [-0.39, 0.29) is 142 Å². The zero-order valence-electron chi connectivity index (χ0n) is 63.9. The molecule has 28 nitrogen and oxygen atoms in total. The van der Waals surface area contributed by atoms with Gasteiger partial charge in [-0.05, 0) is 121 Å². The van der Waals surface area contributed by atoms with Gasteiger partial charge >= 0.3 is 6.09 Å². The van der Waals surface area contributed by atoms with E-state index in [9.17, 15) is 43.5 Å². The quantitative estimate of drug-likeness (QED) is 0.0158. The average molecular weight is 1540 g/mol. The number of carbonyl (C=O) groups is 8. The first kappa shape index (κ1) is 80.3. The lowest BCUT2D eigenvalue weighted by Gasteiger charge is -2.31. The molecular formula is C84H97N9O19. The molecular weight excluding hydrogens is 1440 g/mol. The lowest BCUT2D eigenvalue weighted by atomic mass is 10.0. The number of hydrogen-bond donors (Lipinski definition) is 6. The summed E-state index contributed by atoms with van der Waals surface area (Å²) < 4.78 is 57.6. The third-order valence-electron chi connectivity index (χ3n) is 20.5. The Morgan fingerprint density at radius 2 is 1.28 bits per heavy atom. The largest absolute Gasteiger partial charge is 0.497 e. The predicted octanol–water partition coefficient (Wildman–Crippen LogP) is 8.59. The lowest BCUT2D eigenvalue weighted by Crippen LogP contribution is -2.53. The molecule has 12 rings (SSSR count). The number of ether oxygens (including phenoxy) is 10. The first-order valence-electron chi connectivity index (χ1n) is 37.9. The molecule has 2 fully saturated rings. The summed E-state index contributed by atoms with van der Waals surface area (Å²) in [6.07, 6.45) is 3.05. The molecule has 0 aromatic heterocycles. The van der Waals surface area contributed by atoms with Crippen LogP contribution in [-0.2, 0) is 60.8 Å². The molecule has 6 aromatic rings. The van der Waals surface area contributed by atoms with Crippen LogP contribution in [-0.4, -0.2) is 200 Å². The average Bonchev–Trinajstić information content (AvgIpc) is 1.56. The van der Waals surface area contributed by atoms with E-state index >= 15 is 0 Å². The number of aliphatic hydroxyl groups is 1. The number of amides is 8. The molecule has 1 spiro atoms. The Kier molecular flexibility index (Phi) is 27.0. The van der Waals surface area contributed by atoms with Crippen molar-refractivity contribution in [3.63, 3.8) is 0 Å². The molecule has 1 saturated heterocycles. The number of fused-ring (bicyclic) bond motifs is 6. The molecule has 592 valence electrons. The normalized spacial score (nSPS) is 17.3. The van der Waals surface area contributed by atoms with Crippen molar-refractivity contribution in [2.24, 2.45) is 11.3 Å². The Balaban J connectivity index is 0.534. The molecule has 6 N–H and O–H groups in total. The van der Waals surface area contributed by atoms with Crippen LogP contribution in [0.15, 0.2) is 128 Å². The highest BCUT2D eigenvalue weighted by molar-refractivity contribution is 6.07. The summed E-state index contributed by atoms with van der Waals surface area (Å²) in [5, 5.41) is 26.7. The monoisotopic (exact) mass is 1540 g/mol. The zero-order valence-corrected chi connectivity index (χ0v) is 63.9. The Bertz CT molecular complexity index is 4500. The van der Waals surface area contributed by atoms with Gasteiger partial charge in [0.25, 0.3) is 11.8 Å². The maximum atomic E-state index is 14.5. The standard InChI is InChI=1S/C84H97N9O19/c1-53(2)77(89-75(95)28-35-107-37-39-109-41-40-108-38-36-106-34-27-74(94)85-31-26-76(96)91-49-59-14-8-7-12-56(59)18-19-58-13-9-10-15-67(58)91)79(98)87-54(3)78(97)88-61-22-16-55(17-23-61)51-112-83(102)93-68-46-73(71(105-6)44-65(68)81(100)92-52-84(29-30-84)47-69(92)82(93)101)111-33-11-32-110-72-45-66-64(43-70(72)104-5)80(99)90-50-60(42-62(90)48-86-66)57-20-24-63(103-4)25-21-57/h7-10,12-17,20-25,43-46,50,53-54,62,69,77,82,86,101H,11,26-42,47-49,51-52H2,1-6H3,(H,85,94)(H,87,98)(H,88,97)(H,89,95)/t54-,62-,69-,77-,82?/m0/s1. The Hall–Kier alpha value is -11.2. The summed E-state index contributed by atoms with van der Waals surface area (Å²) in [5.41, 5.74) is 7.43. The lowest BCUT2D eigenvalue weighted by molar-refractivity contribution is -0.132. The maximum Gasteiger partial charge on any atom is 0.416 e. The maximum absolute atomic E-state index is 14.5. The van der Waals surface area contributed by atoms with Crippen molar-refractivity contribution in [2.75, 3.05) is 127 Å². The number of benzene rings is 6. The highest BCUT2D eigenvalue weighted by Gasteiger charge is 2.58. The molecule has 6 aromatic carbocycles. The third kappa shape index (κ3) is 19.9. The zero-order chi connectivity index (χ0) is 78.8. The van der Waals surface area contributed by atoms with Crippen molar-refractivity contribution < 1.29 is 90.8 Å². The van der Waals surface area contributed by atoms with Gasteiger partial charge in [-0.1, -0.05) is 80.3 Å². The van der Waals surface area contributed by atoms with E-state index in [1.54, 1.807) is 72.1 Å². The number of hydrogen-bond acceptors (Lipinski definition) is 20. The van der Waals surface area contributed by atoms with E-state index in [4.69, 9.17) is 47.4 Å². The van der Waals surface area contributed by atoms with E-state index in [1.165, 1.54) is 33.3 Å². The molecule has 5 aliphatic heterocycles. The van der Waals surface area contributed by atoms with Crippen LogP contribution in [0.4, 0.5) is 27.5 Å². The number of para-hydroxylation sites is 1. The SMILES string of the molecule is COc1ccc(C2=CN3C(=O)c4cc(OC)c(OCCCOc5cc6c(cc5OC)C(=O)N5CC7(CC7)C[C@H]5C(O)N6C(=O)OCc5ccc(NC(=O)[C@H](C)NC(=O)[C@@H](NC(=O)CCOCCOCCOCCOCCC(=O)NCCC(=O)N6Cc7ccccc7C#Cc7ccccc76)C(C)C)cc5)cc4NC[C@@H]3C2)cc1. The summed E-state index contributed by atoms with van der Waals surface area (Å²) >= 11 is 0. The van der Waals surface area contributed by atoms with Gasteiger partial charge in [0, 0.05) is 80.5 Å². The van der Waals surface area contributed by atoms with Gasteiger partial charge in [0.05, 0.1) is 134 Å². The summed E-state index contributed by atoms with van der Waals surface area (Å²) in [6.45, 7) is 8.49. The van der Waals surface area contributed by atoms with Crippen LogP contribution in [0.5, 0.6) is 28.7 Å². The van der Waals surface area contributed by atoms with Crippen molar-refractivity contribution >= 4 is 75.8 Å². The molecule has 28 heteroatoms. The van der Waals surface area contributed by atoms with Gasteiger partial charge in [-0.3, -0.25) is 33.6 Å². The molecule has 112 heavy (non-hydrogen) atoms. The van der Waals surface area contributed by atoms with Gasteiger partial charge in [0.15, 0.2) is 29.2 Å². The first-order valence-corrected chi connectivity index (χ1v) is 37.9. The van der Waals surface area contributed by atoms with E-state index in [1.807, 2.05) is 79.0 Å². The number of aliphatic hydroxyl groups excluding tert-OH is 1. The van der Waals surface area contributed by atoms with Crippen LogP contribution < -0.4 is 60.1 Å². The second-order valence-corrected chi connectivity index (χ2v) is 28.7.